The van der Waals surface area contributed by atoms with Gasteiger partial charge in [0.2, 0.25) is 5.89 Å². The van der Waals surface area contributed by atoms with E-state index in [0.717, 1.165) is 24.0 Å². The third-order valence-corrected chi connectivity index (χ3v) is 6.68. The van der Waals surface area contributed by atoms with E-state index in [1.54, 1.807) is 19.1 Å². The molecule has 2 aromatic heterocycles. The van der Waals surface area contributed by atoms with Gasteiger partial charge in [-0.15, -0.1) is 0 Å². The number of nitrogens with one attached hydrogen (secondary N) is 1. The van der Waals surface area contributed by atoms with Crippen molar-refractivity contribution in [2.45, 2.75) is 19.5 Å². The van der Waals surface area contributed by atoms with E-state index in [4.69, 9.17) is 18.6 Å². The summed E-state index contributed by atoms with van der Waals surface area (Å²) in [6, 6.07) is 14.2. The second-order valence-corrected chi connectivity index (χ2v) is 9.00. The predicted molar refractivity (Wildman–Crippen MR) is 139 cm³/mol. The third-order valence-electron chi connectivity index (χ3n) is 6.68. The summed E-state index contributed by atoms with van der Waals surface area (Å²) >= 11 is 0. The summed E-state index contributed by atoms with van der Waals surface area (Å²) in [4.78, 5) is 24.7. The highest BCUT2D eigenvalue weighted by Gasteiger charge is 2.23. The number of benzene rings is 2. The maximum Gasteiger partial charge on any atom is 0.275 e. The second kappa shape index (κ2) is 11.5. The number of hydrogen-bond acceptors (Lipinski definition) is 7. The highest BCUT2D eigenvalue weighted by molar-refractivity contribution is 5.92. The van der Waals surface area contributed by atoms with Crippen molar-refractivity contribution < 1.29 is 23.4 Å². The number of ether oxygens (including phenoxy) is 3. The number of methoxy groups -OCH3 is 2. The van der Waals surface area contributed by atoms with Crippen LogP contribution in [-0.2, 0) is 24.2 Å². The Morgan fingerprint density at radius 3 is 2.70 bits per heavy atom. The zero-order valence-electron chi connectivity index (χ0n) is 21.2. The van der Waals surface area contributed by atoms with Gasteiger partial charge in [0.1, 0.15) is 6.26 Å². The quantitative estimate of drug-likeness (QED) is 0.350. The van der Waals surface area contributed by atoms with Gasteiger partial charge >= 0.3 is 0 Å². The Morgan fingerprint density at radius 2 is 1.89 bits per heavy atom. The maximum atomic E-state index is 12.8. The standard InChI is InChI=1S/C28H32N4O5/c1-34-25-9-5-6-21(27(25)35-2)17-31(11-10-20-16-29-23-8-4-3-7-22(20)23)18-26-30-24(19-37-26)28(33)32-12-14-36-15-13-32/h3-9,16,19,29H,10-15,17-18H2,1-2H3. The Hall–Kier alpha value is -3.82. The molecule has 1 fully saturated rings. The minimum absolute atomic E-state index is 0.127. The van der Waals surface area contributed by atoms with Gasteiger partial charge in [-0.25, -0.2) is 4.98 Å². The topological polar surface area (TPSA) is 93.1 Å². The van der Waals surface area contributed by atoms with Gasteiger partial charge in [0.25, 0.3) is 5.91 Å². The number of hydrogen-bond donors (Lipinski definition) is 1. The number of fused-ring (bicyclic) bond motifs is 1. The molecule has 0 atom stereocenters. The van der Waals surface area contributed by atoms with Crippen LogP contribution in [0.25, 0.3) is 10.9 Å². The number of carbonyl (C=O) groups is 1. The minimum Gasteiger partial charge on any atom is -0.493 e. The first-order valence-corrected chi connectivity index (χ1v) is 12.4. The summed E-state index contributed by atoms with van der Waals surface area (Å²) < 4.78 is 22.3. The largest absolute Gasteiger partial charge is 0.493 e. The summed E-state index contributed by atoms with van der Waals surface area (Å²) in [6.07, 6.45) is 4.35. The monoisotopic (exact) mass is 504 g/mol. The fourth-order valence-electron chi connectivity index (χ4n) is 4.75. The fraction of sp³-hybridized carbons (Fsp3) is 0.357. The number of para-hydroxylation sites is 2. The van der Waals surface area contributed by atoms with Gasteiger partial charge in [0, 0.05) is 48.8 Å². The van der Waals surface area contributed by atoms with Crippen molar-refractivity contribution in [3.63, 3.8) is 0 Å². The van der Waals surface area contributed by atoms with Crippen LogP contribution in [0.15, 0.2) is 59.3 Å². The van der Waals surface area contributed by atoms with Gasteiger partial charge in [0.05, 0.1) is 34.0 Å². The number of nitrogens with zero attached hydrogens (tertiary/aromatic N) is 3. The van der Waals surface area contributed by atoms with Crippen LogP contribution in [0.5, 0.6) is 11.5 Å². The van der Waals surface area contributed by atoms with E-state index in [2.05, 4.69) is 39.3 Å². The lowest BCUT2D eigenvalue weighted by atomic mass is 10.1. The van der Waals surface area contributed by atoms with Crippen LogP contribution in [0.4, 0.5) is 0 Å². The summed E-state index contributed by atoms with van der Waals surface area (Å²) in [6.45, 7) is 4.00. The maximum absolute atomic E-state index is 12.8. The molecule has 1 saturated heterocycles. The van der Waals surface area contributed by atoms with Crippen molar-refractivity contribution >= 4 is 16.8 Å². The Kier molecular flexibility index (Phi) is 7.72. The molecule has 1 aliphatic rings. The fourth-order valence-corrected chi connectivity index (χ4v) is 4.75. The van der Waals surface area contributed by atoms with Gasteiger partial charge in [0.15, 0.2) is 17.2 Å². The first-order chi connectivity index (χ1) is 18.2. The average molecular weight is 505 g/mol. The lowest BCUT2D eigenvalue weighted by Crippen LogP contribution is -2.40. The van der Waals surface area contributed by atoms with Crippen LogP contribution < -0.4 is 9.47 Å². The van der Waals surface area contributed by atoms with Crippen molar-refractivity contribution in [3.8, 4) is 11.5 Å². The smallest absolute Gasteiger partial charge is 0.275 e. The molecule has 194 valence electrons. The van der Waals surface area contributed by atoms with Crippen LogP contribution in [0.1, 0.15) is 27.5 Å². The molecule has 1 amide bonds. The van der Waals surface area contributed by atoms with Crippen LogP contribution in [0, 0.1) is 0 Å². The molecule has 9 heteroatoms. The molecule has 0 radical (unpaired) electrons. The van der Waals surface area contributed by atoms with Crippen molar-refractivity contribution in [1.82, 2.24) is 19.8 Å². The number of morpholine rings is 1. The molecule has 0 spiro atoms. The van der Waals surface area contributed by atoms with Crippen LogP contribution in [0.3, 0.4) is 0 Å². The van der Waals surface area contributed by atoms with Gasteiger partial charge < -0.3 is 28.5 Å². The SMILES string of the molecule is COc1cccc(CN(CCc2c[nH]c3ccccc23)Cc2nc(C(=O)N3CCOCC3)co2)c1OC. The molecule has 0 aliphatic carbocycles. The molecule has 0 unspecified atom stereocenters. The number of oxazole rings is 1. The Balaban J connectivity index is 1.35. The van der Waals surface area contributed by atoms with E-state index >= 15 is 0 Å². The van der Waals surface area contributed by atoms with E-state index < -0.39 is 0 Å². The number of H-pyrrole nitrogens is 1. The molecular weight excluding hydrogens is 472 g/mol. The normalized spacial score (nSPS) is 13.9. The highest BCUT2D eigenvalue weighted by Crippen LogP contribution is 2.32. The first kappa shape index (κ1) is 24.9. The Morgan fingerprint density at radius 1 is 1.05 bits per heavy atom. The number of amides is 1. The summed E-state index contributed by atoms with van der Waals surface area (Å²) in [5.41, 5.74) is 3.69. The molecule has 1 N–H and O–H groups in total. The molecule has 0 saturated carbocycles. The molecule has 37 heavy (non-hydrogen) atoms. The Labute approximate surface area is 215 Å². The lowest BCUT2D eigenvalue weighted by molar-refractivity contribution is 0.0299. The van der Waals surface area contributed by atoms with E-state index in [9.17, 15) is 4.79 Å². The van der Waals surface area contributed by atoms with Gasteiger partial charge in [-0.2, -0.15) is 0 Å². The molecule has 1 aliphatic heterocycles. The van der Waals surface area contributed by atoms with Gasteiger partial charge in [-0.05, 0) is 24.1 Å². The van der Waals surface area contributed by atoms with Crippen molar-refractivity contribution in [1.29, 1.82) is 0 Å². The van der Waals surface area contributed by atoms with Crippen molar-refractivity contribution in [3.05, 3.63) is 77.6 Å². The molecule has 9 nitrogen and oxygen atoms in total. The summed E-state index contributed by atoms with van der Waals surface area (Å²) in [5, 5.41) is 1.22. The first-order valence-electron chi connectivity index (χ1n) is 12.4. The average Bonchev–Trinajstić information content (AvgIpc) is 3.58. The predicted octanol–water partition coefficient (Wildman–Crippen LogP) is 3.89. The van der Waals surface area contributed by atoms with Gasteiger partial charge in [-0.3, -0.25) is 9.69 Å². The highest BCUT2D eigenvalue weighted by atomic mass is 16.5. The van der Waals surface area contributed by atoms with Gasteiger partial charge in [-0.1, -0.05) is 30.3 Å². The summed E-state index contributed by atoms with van der Waals surface area (Å²) in [5.74, 6) is 1.76. The minimum atomic E-state index is -0.127. The van der Waals surface area contributed by atoms with Crippen molar-refractivity contribution in [2.24, 2.45) is 0 Å². The molecule has 0 bridgehead atoms. The number of carbonyl (C=O) groups excluding carboxylic acids is 1. The van der Waals surface area contributed by atoms with E-state index in [1.165, 1.54) is 17.2 Å². The van der Waals surface area contributed by atoms with Crippen LogP contribution in [-0.4, -0.2) is 72.7 Å². The van der Waals surface area contributed by atoms with E-state index in [0.29, 0.717) is 62.5 Å². The third kappa shape index (κ3) is 5.63. The van der Waals surface area contributed by atoms with E-state index in [1.807, 2.05) is 24.3 Å². The number of aromatic nitrogens is 2. The number of aromatic amines is 1. The molecule has 4 aromatic rings. The molecule has 2 aromatic carbocycles. The summed E-state index contributed by atoms with van der Waals surface area (Å²) in [7, 11) is 3.28. The molecular formula is C28H32N4O5. The van der Waals surface area contributed by atoms with Crippen molar-refractivity contribution in [2.75, 3.05) is 47.1 Å². The van der Waals surface area contributed by atoms with Crippen LogP contribution in [0.2, 0.25) is 0 Å². The zero-order chi connectivity index (χ0) is 25.6. The molecule has 3 heterocycles. The van der Waals surface area contributed by atoms with Crippen LogP contribution >= 0.6 is 0 Å². The second-order valence-electron chi connectivity index (χ2n) is 9.00. The number of rotatable bonds is 10. The Bertz CT molecular complexity index is 1340. The van der Waals surface area contributed by atoms with E-state index in [-0.39, 0.29) is 5.91 Å². The zero-order valence-corrected chi connectivity index (χ0v) is 21.2. The molecule has 5 rings (SSSR count). The lowest BCUT2D eigenvalue weighted by Gasteiger charge is -2.25.